The number of carbonyl (C=O) groups is 2. The molecule has 4 atom stereocenters. The molecule has 5 nitrogen and oxygen atoms in total. The smallest absolute Gasteiger partial charge is 0.303 e. The topological polar surface area (TPSA) is 94.8 Å². The summed E-state index contributed by atoms with van der Waals surface area (Å²) in [5.74, 6) is -1.50. The van der Waals surface area contributed by atoms with Gasteiger partial charge in [0.1, 0.15) is 11.4 Å². The van der Waals surface area contributed by atoms with Gasteiger partial charge in [-0.05, 0) is 43.7 Å². The molecule has 30 heavy (non-hydrogen) atoms. The summed E-state index contributed by atoms with van der Waals surface area (Å²) in [7, 11) is 0. The zero-order valence-electron chi connectivity index (χ0n) is 17.0. The largest absolute Gasteiger partial charge is 0.481 e. The highest BCUT2D eigenvalue weighted by Gasteiger charge is 2.39. The minimum atomic E-state index is -1.20. The lowest BCUT2D eigenvalue weighted by atomic mass is 9.89. The zero-order chi connectivity index (χ0) is 21.7. The summed E-state index contributed by atoms with van der Waals surface area (Å²) in [5.41, 5.74) is -1.20. The van der Waals surface area contributed by atoms with Gasteiger partial charge < -0.3 is 15.3 Å². The fourth-order valence-corrected chi connectivity index (χ4v) is 4.96. The van der Waals surface area contributed by atoms with Crippen LogP contribution in [0.1, 0.15) is 43.9 Å². The molecule has 1 fully saturated rings. The molecule has 1 unspecified atom stereocenters. The number of hydrogen-bond acceptors (Lipinski definition) is 5. The fraction of sp³-hybridized carbons (Fsp3) is 0.417. The van der Waals surface area contributed by atoms with Crippen molar-refractivity contribution in [2.24, 2.45) is 11.8 Å². The lowest BCUT2D eigenvalue weighted by Gasteiger charge is -2.20. The number of benzene rings is 1. The van der Waals surface area contributed by atoms with Gasteiger partial charge >= 0.3 is 5.97 Å². The molecule has 0 amide bonds. The molecule has 160 valence electrons. The molecule has 3 N–H and O–H groups in total. The predicted molar refractivity (Wildman–Crippen MR) is 118 cm³/mol. The molecule has 3 rings (SSSR count). The van der Waals surface area contributed by atoms with Crippen molar-refractivity contribution >= 4 is 33.2 Å². The molecule has 1 aliphatic rings. The maximum absolute atomic E-state index is 12.4. The second kappa shape index (κ2) is 9.69. The van der Waals surface area contributed by atoms with E-state index < -0.39 is 23.6 Å². The van der Waals surface area contributed by atoms with Crippen molar-refractivity contribution < 1.29 is 24.9 Å². The van der Waals surface area contributed by atoms with E-state index in [1.54, 1.807) is 19.1 Å². The van der Waals surface area contributed by atoms with E-state index in [1.807, 2.05) is 42.5 Å². The first-order chi connectivity index (χ1) is 14.3. The number of carboxylic acids is 1. The minimum Gasteiger partial charge on any atom is -0.481 e. The van der Waals surface area contributed by atoms with E-state index in [0.717, 1.165) is 15.0 Å². The number of ketones is 1. The molecule has 0 spiro atoms. The standard InChI is InChI=1S/C24H28O5S/c1-24(29,22-14-16-8-6-7-10-21(16)30-22)13-12-18-17(19(25)15-20(18)26)9-4-2-3-5-11-23(27)28/h2,4,6-8,10,12-14,17-19,25,29H,3,5,9,11,15H2,1H3,(H,27,28)/t17-,18-,19+,24?/m1/s1. The number of aliphatic carboxylic acids is 1. The van der Waals surface area contributed by atoms with Crippen molar-refractivity contribution in [3.63, 3.8) is 0 Å². The number of carbonyl (C=O) groups excluding carboxylic acids is 1. The monoisotopic (exact) mass is 428 g/mol. The first-order valence-electron chi connectivity index (χ1n) is 10.3. The van der Waals surface area contributed by atoms with Gasteiger partial charge in [-0.1, -0.05) is 42.5 Å². The number of fused-ring (bicyclic) bond motifs is 1. The van der Waals surface area contributed by atoms with Gasteiger partial charge in [-0.25, -0.2) is 0 Å². The van der Waals surface area contributed by atoms with Crippen LogP contribution in [-0.2, 0) is 15.2 Å². The van der Waals surface area contributed by atoms with Crippen LogP contribution in [0.4, 0.5) is 0 Å². The summed E-state index contributed by atoms with van der Waals surface area (Å²) in [4.78, 5) is 23.8. The highest BCUT2D eigenvalue weighted by atomic mass is 32.1. The number of aliphatic hydroxyl groups excluding tert-OH is 1. The number of unbranched alkanes of at least 4 members (excludes halogenated alkanes) is 1. The number of thiophene rings is 1. The Morgan fingerprint density at radius 2 is 2.07 bits per heavy atom. The van der Waals surface area contributed by atoms with E-state index in [2.05, 4.69) is 0 Å². The Bertz CT molecular complexity index is 922. The van der Waals surface area contributed by atoms with Gasteiger partial charge in [0.25, 0.3) is 0 Å². The third-order valence-corrected chi connectivity index (χ3v) is 6.97. The fourth-order valence-electron chi connectivity index (χ4n) is 3.87. The van der Waals surface area contributed by atoms with Crippen molar-refractivity contribution in [1.29, 1.82) is 0 Å². The van der Waals surface area contributed by atoms with Crippen LogP contribution in [0.5, 0.6) is 0 Å². The second-order valence-corrected chi connectivity index (χ2v) is 9.16. The van der Waals surface area contributed by atoms with Crippen molar-refractivity contribution in [3.05, 3.63) is 59.5 Å². The summed E-state index contributed by atoms with van der Waals surface area (Å²) in [5, 5.41) is 31.1. The average Bonchev–Trinajstić information content (AvgIpc) is 3.24. The molecular formula is C24H28O5S. The highest BCUT2D eigenvalue weighted by Crippen LogP contribution is 2.37. The molecule has 0 bridgehead atoms. The lowest BCUT2D eigenvalue weighted by Crippen LogP contribution is -2.21. The van der Waals surface area contributed by atoms with E-state index in [1.165, 1.54) is 11.3 Å². The van der Waals surface area contributed by atoms with Gasteiger partial charge in [0.15, 0.2) is 0 Å². The molecule has 1 saturated carbocycles. The Morgan fingerprint density at radius 1 is 1.30 bits per heavy atom. The van der Waals surface area contributed by atoms with Crippen molar-refractivity contribution in [3.8, 4) is 0 Å². The third-order valence-electron chi connectivity index (χ3n) is 5.63. The van der Waals surface area contributed by atoms with Crippen LogP contribution in [0.25, 0.3) is 10.1 Å². The van der Waals surface area contributed by atoms with Gasteiger partial charge in [0, 0.05) is 34.3 Å². The molecule has 0 saturated heterocycles. The lowest BCUT2D eigenvalue weighted by molar-refractivity contribution is -0.137. The highest BCUT2D eigenvalue weighted by molar-refractivity contribution is 7.19. The Hall–Kier alpha value is -2.28. The molecule has 1 aromatic carbocycles. The van der Waals surface area contributed by atoms with Crippen LogP contribution in [0.15, 0.2) is 54.6 Å². The van der Waals surface area contributed by atoms with Crippen LogP contribution >= 0.6 is 11.3 Å². The minimum absolute atomic E-state index is 0.0184. The molecule has 6 heteroatoms. The molecular weight excluding hydrogens is 400 g/mol. The van der Waals surface area contributed by atoms with Gasteiger partial charge in [0.05, 0.1) is 6.10 Å². The quantitative estimate of drug-likeness (QED) is 0.406. The Kier molecular flexibility index (Phi) is 7.23. The van der Waals surface area contributed by atoms with E-state index in [9.17, 15) is 19.8 Å². The number of carboxylic acid groups (broad SMARTS) is 1. The van der Waals surface area contributed by atoms with Crippen molar-refractivity contribution in [2.75, 3.05) is 0 Å². The molecule has 0 aliphatic heterocycles. The van der Waals surface area contributed by atoms with Crippen LogP contribution < -0.4 is 0 Å². The average molecular weight is 429 g/mol. The summed E-state index contributed by atoms with van der Waals surface area (Å²) >= 11 is 1.52. The van der Waals surface area contributed by atoms with Crippen molar-refractivity contribution in [2.45, 2.75) is 50.7 Å². The number of allylic oxidation sites excluding steroid dienone is 3. The summed E-state index contributed by atoms with van der Waals surface area (Å²) < 4.78 is 1.10. The molecule has 1 aromatic heterocycles. The maximum Gasteiger partial charge on any atom is 0.303 e. The van der Waals surface area contributed by atoms with Crippen LogP contribution in [0, 0.1) is 11.8 Å². The number of rotatable bonds is 9. The van der Waals surface area contributed by atoms with E-state index in [-0.39, 0.29) is 24.5 Å². The zero-order valence-corrected chi connectivity index (χ0v) is 17.8. The summed E-state index contributed by atoms with van der Waals surface area (Å²) in [6.07, 6.45) is 8.55. The summed E-state index contributed by atoms with van der Waals surface area (Å²) in [6.45, 7) is 1.71. The molecule has 2 aromatic rings. The normalized spacial score (nSPS) is 24.2. The Morgan fingerprint density at radius 3 is 2.80 bits per heavy atom. The number of Topliss-reactive ketones (excluding diaryl/α,β-unsaturated/α-hetero) is 1. The Labute approximate surface area is 180 Å². The van der Waals surface area contributed by atoms with Crippen LogP contribution in [-0.4, -0.2) is 33.2 Å². The van der Waals surface area contributed by atoms with Gasteiger partial charge in [-0.3, -0.25) is 9.59 Å². The van der Waals surface area contributed by atoms with E-state index in [0.29, 0.717) is 19.3 Å². The van der Waals surface area contributed by atoms with Gasteiger partial charge in [-0.15, -0.1) is 11.3 Å². The van der Waals surface area contributed by atoms with Crippen LogP contribution in [0.3, 0.4) is 0 Å². The molecule has 0 radical (unpaired) electrons. The van der Waals surface area contributed by atoms with Gasteiger partial charge in [0.2, 0.25) is 0 Å². The molecule has 1 aliphatic carbocycles. The molecule has 1 heterocycles. The van der Waals surface area contributed by atoms with Gasteiger partial charge in [-0.2, -0.15) is 0 Å². The third kappa shape index (κ3) is 5.45. The first-order valence-corrected chi connectivity index (χ1v) is 11.1. The maximum atomic E-state index is 12.4. The Balaban J connectivity index is 1.67. The number of aliphatic hydroxyl groups is 2. The van der Waals surface area contributed by atoms with E-state index >= 15 is 0 Å². The van der Waals surface area contributed by atoms with Crippen molar-refractivity contribution in [1.82, 2.24) is 0 Å². The van der Waals surface area contributed by atoms with E-state index in [4.69, 9.17) is 5.11 Å². The second-order valence-electron chi connectivity index (χ2n) is 8.08. The van der Waals surface area contributed by atoms with Crippen LogP contribution in [0.2, 0.25) is 0 Å². The first kappa shape index (κ1) is 22.4. The predicted octanol–water partition coefficient (Wildman–Crippen LogP) is 4.43. The number of hydrogen-bond donors (Lipinski definition) is 3. The summed E-state index contributed by atoms with van der Waals surface area (Å²) in [6, 6.07) is 9.91. The SMILES string of the molecule is CC(O)(C=C[C@H]1C(=O)C[C@H](O)[C@@H]1CC=CCCCC(=O)O)c1cc2ccccc2s1.